The lowest BCUT2D eigenvalue weighted by Crippen LogP contribution is -2.13. The molecule has 0 radical (unpaired) electrons. The highest BCUT2D eigenvalue weighted by Gasteiger charge is 2.17. The number of rotatable bonds is 4. The molecule has 1 aliphatic rings. The van der Waals surface area contributed by atoms with E-state index in [4.69, 9.17) is 4.74 Å². The summed E-state index contributed by atoms with van der Waals surface area (Å²) in [6.07, 6.45) is 0.952. The summed E-state index contributed by atoms with van der Waals surface area (Å²) < 4.78 is 6.75. The molecule has 5 heteroatoms. The molecule has 4 nitrogen and oxygen atoms in total. The molecule has 0 fully saturated rings. The van der Waals surface area contributed by atoms with Gasteiger partial charge in [0.15, 0.2) is 11.5 Å². The third-order valence-electron chi connectivity index (χ3n) is 3.51. The summed E-state index contributed by atoms with van der Waals surface area (Å²) in [6.45, 7) is 2.03. The van der Waals surface area contributed by atoms with Gasteiger partial charge in [0.1, 0.15) is 5.75 Å². The molecule has 0 amide bonds. The van der Waals surface area contributed by atoms with Crippen LogP contribution in [0, 0.1) is 0 Å². The first-order chi connectivity index (χ1) is 10.1. The summed E-state index contributed by atoms with van der Waals surface area (Å²) in [7, 11) is 0. The fourth-order valence-corrected chi connectivity index (χ4v) is 3.05. The highest BCUT2D eigenvalue weighted by Crippen LogP contribution is 2.33. The van der Waals surface area contributed by atoms with E-state index in [1.807, 2.05) is 0 Å². The van der Waals surface area contributed by atoms with Crippen molar-refractivity contribution in [1.29, 1.82) is 0 Å². The van der Waals surface area contributed by atoms with Crippen molar-refractivity contribution < 1.29 is 14.9 Å². The van der Waals surface area contributed by atoms with Gasteiger partial charge in [0.2, 0.25) is 0 Å². The van der Waals surface area contributed by atoms with Gasteiger partial charge in [0.05, 0.1) is 6.61 Å². The third-order valence-corrected chi connectivity index (χ3v) is 3.97. The van der Waals surface area contributed by atoms with Gasteiger partial charge in [0.25, 0.3) is 0 Å². The zero-order chi connectivity index (χ0) is 14.8. The smallest absolute Gasteiger partial charge is 0.157 e. The summed E-state index contributed by atoms with van der Waals surface area (Å²) >= 11 is 3.53. The lowest BCUT2D eigenvalue weighted by atomic mass is 10.1. The van der Waals surface area contributed by atoms with Crippen LogP contribution in [0.25, 0.3) is 0 Å². The van der Waals surface area contributed by atoms with Gasteiger partial charge >= 0.3 is 0 Å². The first-order valence-corrected chi connectivity index (χ1v) is 7.58. The van der Waals surface area contributed by atoms with Gasteiger partial charge in [-0.25, -0.2) is 0 Å². The molecule has 0 saturated heterocycles. The average Bonchev–Trinajstić information content (AvgIpc) is 2.91. The van der Waals surface area contributed by atoms with E-state index in [1.54, 1.807) is 12.1 Å². The summed E-state index contributed by atoms with van der Waals surface area (Å²) in [5.41, 5.74) is 3.28. The molecular weight excluding hydrogens is 334 g/mol. The number of benzene rings is 2. The van der Waals surface area contributed by atoms with Gasteiger partial charge in [-0.1, -0.05) is 22.0 Å². The Morgan fingerprint density at radius 3 is 2.76 bits per heavy atom. The van der Waals surface area contributed by atoms with Crippen LogP contribution in [0.1, 0.15) is 16.7 Å². The standard InChI is InChI=1S/C16H16BrNO3/c17-13-6-11-3-4-21-16(11)12(7-13)9-18-8-10-1-2-14(19)15(20)5-10/h1-2,5-7,18-20H,3-4,8-9H2. The number of nitrogens with one attached hydrogen (secondary N) is 1. The third kappa shape index (κ3) is 3.14. The van der Waals surface area contributed by atoms with E-state index in [0.29, 0.717) is 13.1 Å². The van der Waals surface area contributed by atoms with Gasteiger partial charge in [-0.05, 0) is 35.4 Å². The number of aromatic hydroxyl groups is 2. The van der Waals surface area contributed by atoms with Crippen LogP contribution in [0.2, 0.25) is 0 Å². The second-order valence-corrected chi connectivity index (χ2v) is 5.99. The molecule has 1 heterocycles. The van der Waals surface area contributed by atoms with Crippen LogP contribution >= 0.6 is 15.9 Å². The Kier molecular flexibility index (Phi) is 4.03. The van der Waals surface area contributed by atoms with Crippen LogP contribution in [0.15, 0.2) is 34.8 Å². The second-order valence-electron chi connectivity index (χ2n) is 5.08. The lowest BCUT2D eigenvalue weighted by molar-refractivity contribution is 0.352. The molecule has 0 spiro atoms. The molecule has 0 saturated carbocycles. The largest absolute Gasteiger partial charge is 0.504 e. The topological polar surface area (TPSA) is 61.7 Å². The lowest BCUT2D eigenvalue weighted by Gasteiger charge is -2.11. The van der Waals surface area contributed by atoms with Crippen LogP contribution in [-0.4, -0.2) is 16.8 Å². The maximum absolute atomic E-state index is 9.48. The van der Waals surface area contributed by atoms with E-state index < -0.39 is 0 Å². The van der Waals surface area contributed by atoms with Crippen molar-refractivity contribution in [3.8, 4) is 17.2 Å². The molecular formula is C16H16BrNO3. The Balaban J connectivity index is 1.67. The predicted molar refractivity (Wildman–Crippen MR) is 83.7 cm³/mol. The van der Waals surface area contributed by atoms with Gasteiger partial charge in [0, 0.05) is 29.5 Å². The number of hydrogen-bond acceptors (Lipinski definition) is 4. The molecule has 3 N–H and O–H groups in total. The maximum atomic E-state index is 9.48. The number of halogens is 1. The first-order valence-electron chi connectivity index (χ1n) is 6.79. The van der Waals surface area contributed by atoms with Crippen molar-refractivity contribution >= 4 is 15.9 Å². The fourth-order valence-electron chi connectivity index (χ4n) is 2.50. The van der Waals surface area contributed by atoms with Gasteiger partial charge in [-0.2, -0.15) is 0 Å². The van der Waals surface area contributed by atoms with Crippen LogP contribution in [0.5, 0.6) is 17.2 Å². The Labute approximate surface area is 131 Å². The first kappa shape index (κ1) is 14.2. The minimum atomic E-state index is -0.100. The highest BCUT2D eigenvalue weighted by molar-refractivity contribution is 9.10. The summed E-state index contributed by atoms with van der Waals surface area (Å²) in [5.74, 6) is 0.789. The van der Waals surface area contributed by atoms with Crippen LogP contribution in [-0.2, 0) is 19.5 Å². The van der Waals surface area contributed by atoms with Crippen LogP contribution < -0.4 is 10.1 Å². The van der Waals surface area contributed by atoms with Crippen LogP contribution in [0.3, 0.4) is 0 Å². The number of phenolic OH excluding ortho intramolecular Hbond substituents is 2. The molecule has 0 atom stereocenters. The highest BCUT2D eigenvalue weighted by atomic mass is 79.9. The van der Waals surface area contributed by atoms with Gasteiger partial charge in [-0.15, -0.1) is 0 Å². The van der Waals surface area contributed by atoms with E-state index in [9.17, 15) is 10.2 Å². The molecule has 110 valence electrons. The SMILES string of the molecule is Oc1ccc(CNCc2cc(Br)cc3c2OCC3)cc1O. The molecule has 21 heavy (non-hydrogen) atoms. The van der Waals surface area contributed by atoms with Crippen molar-refractivity contribution in [3.05, 3.63) is 51.5 Å². The average molecular weight is 350 g/mol. The Morgan fingerprint density at radius 2 is 1.95 bits per heavy atom. The quantitative estimate of drug-likeness (QED) is 0.742. The Morgan fingerprint density at radius 1 is 1.10 bits per heavy atom. The minimum absolute atomic E-state index is 0.0963. The monoisotopic (exact) mass is 349 g/mol. The van der Waals surface area contributed by atoms with Gasteiger partial charge in [-0.3, -0.25) is 0 Å². The molecule has 0 bridgehead atoms. The van der Waals surface area contributed by atoms with E-state index in [-0.39, 0.29) is 11.5 Å². The minimum Gasteiger partial charge on any atom is -0.504 e. The van der Waals surface area contributed by atoms with Crippen LogP contribution in [0.4, 0.5) is 0 Å². The Bertz CT molecular complexity index is 673. The molecule has 1 aliphatic heterocycles. The predicted octanol–water partition coefficient (Wildman–Crippen LogP) is 3.09. The molecule has 0 aliphatic carbocycles. The molecule has 2 aromatic rings. The van der Waals surface area contributed by atoms with Crippen molar-refractivity contribution in [2.75, 3.05) is 6.61 Å². The zero-order valence-electron chi connectivity index (χ0n) is 11.4. The van der Waals surface area contributed by atoms with Crippen molar-refractivity contribution in [2.45, 2.75) is 19.5 Å². The molecule has 0 unspecified atom stereocenters. The summed E-state index contributed by atoms with van der Waals surface area (Å²) in [4.78, 5) is 0. The molecule has 2 aromatic carbocycles. The van der Waals surface area contributed by atoms with Gasteiger partial charge < -0.3 is 20.3 Å². The van der Waals surface area contributed by atoms with E-state index >= 15 is 0 Å². The second kappa shape index (κ2) is 5.95. The number of phenols is 2. The Hall–Kier alpha value is -1.72. The molecule has 0 aromatic heterocycles. The van der Waals surface area contributed by atoms with E-state index in [0.717, 1.165) is 34.4 Å². The summed E-state index contributed by atoms with van der Waals surface area (Å²) in [5, 5.41) is 22.1. The fraction of sp³-hybridized carbons (Fsp3) is 0.250. The number of fused-ring (bicyclic) bond motifs is 1. The summed E-state index contributed by atoms with van der Waals surface area (Å²) in [6, 6.07) is 9.00. The van der Waals surface area contributed by atoms with Crippen molar-refractivity contribution in [2.24, 2.45) is 0 Å². The van der Waals surface area contributed by atoms with Crippen molar-refractivity contribution in [1.82, 2.24) is 5.32 Å². The van der Waals surface area contributed by atoms with E-state index in [1.165, 1.54) is 11.6 Å². The maximum Gasteiger partial charge on any atom is 0.157 e. The number of hydrogen-bond donors (Lipinski definition) is 3. The van der Waals surface area contributed by atoms with Crippen molar-refractivity contribution in [3.63, 3.8) is 0 Å². The normalized spacial score (nSPS) is 13.0. The van der Waals surface area contributed by atoms with E-state index in [2.05, 4.69) is 33.4 Å². The zero-order valence-corrected chi connectivity index (χ0v) is 13.0. The molecule has 3 rings (SSSR count). The number of ether oxygens (including phenoxy) is 1.